The number of thiocarbonyl (C=S) groups is 2. The minimum atomic E-state index is -4.41. The summed E-state index contributed by atoms with van der Waals surface area (Å²) in [6.07, 6.45) is -4.41. The van der Waals surface area contributed by atoms with Gasteiger partial charge in [-0.1, -0.05) is 42.5 Å². The van der Waals surface area contributed by atoms with Gasteiger partial charge in [0.05, 0.1) is 0 Å². The lowest BCUT2D eigenvalue weighted by atomic mass is 9.99. The average molecular weight is 496 g/mol. The molecule has 0 atom stereocenters. The molecule has 0 heterocycles. The highest BCUT2D eigenvalue weighted by atomic mass is 32.1. The second-order valence-electron chi connectivity index (χ2n) is 6.50. The van der Waals surface area contributed by atoms with Crippen molar-refractivity contribution in [2.45, 2.75) is 13.1 Å². The molecule has 12 heteroatoms. The molecule has 0 amide bonds. The molecule has 176 valence electrons. The predicted octanol–water partition coefficient (Wildman–Crippen LogP) is 3.35. The molecule has 0 aliphatic heterocycles. The molecule has 0 aromatic heterocycles. The first kappa shape index (κ1) is 26.0. The lowest BCUT2D eigenvalue weighted by Crippen LogP contribution is -2.39. The fourth-order valence-corrected chi connectivity index (χ4v) is 2.84. The molecule has 5 N–H and O–H groups in total. The zero-order valence-electron chi connectivity index (χ0n) is 18.0. The van der Waals surface area contributed by atoms with Crippen molar-refractivity contribution in [3.8, 4) is 0 Å². The van der Waals surface area contributed by atoms with Crippen molar-refractivity contribution in [1.29, 1.82) is 0 Å². The summed E-state index contributed by atoms with van der Waals surface area (Å²) in [4.78, 5) is 0. The van der Waals surface area contributed by atoms with Crippen LogP contribution in [0, 0.1) is 0 Å². The van der Waals surface area contributed by atoms with Crippen LogP contribution in [-0.4, -0.2) is 48.0 Å². The molecular weight excluding hydrogens is 471 g/mol. The number of benzene rings is 2. The molecule has 0 aliphatic rings. The largest absolute Gasteiger partial charge is 0.405 e. The van der Waals surface area contributed by atoms with Crippen LogP contribution in [0.15, 0.2) is 64.8 Å². The van der Waals surface area contributed by atoms with Gasteiger partial charge in [-0.15, -0.1) is 0 Å². The van der Waals surface area contributed by atoms with E-state index in [-0.39, 0.29) is 5.11 Å². The van der Waals surface area contributed by atoms with Crippen LogP contribution in [0.25, 0.3) is 0 Å². The Morgan fingerprint density at radius 1 is 0.818 bits per heavy atom. The second kappa shape index (κ2) is 12.7. The summed E-state index contributed by atoms with van der Waals surface area (Å²) in [7, 11) is 1.80. The van der Waals surface area contributed by atoms with Crippen molar-refractivity contribution in [3.05, 3.63) is 65.7 Å². The van der Waals surface area contributed by atoms with Gasteiger partial charge in [0.1, 0.15) is 18.0 Å². The molecule has 0 aliphatic carbocycles. The standard InChI is InChI=1S/C21H24F3N7S2/c1-3-26-19(32)30-29-18(15-9-11-16(25-2)12-10-15)17(14-7-5-4-6-8-14)28-31-20(33)27-13-21(22,23)24/h4-12,25H,3,13H2,1-2H3,(H2,26,30,32)(H2,27,31,33). The van der Waals surface area contributed by atoms with Gasteiger partial charge in [-0.05, 0) is 43.5 Å². The number of anilines is 1. The maximum Gasteiger partial charge on any atom is 0.405 e. The Kier molecular flexibility index (Phi) is 10.0. The summed E-state index contributed by atoms with van der Waals surface area (Å²) in [5, 5.41) is 16.8. The number of halogens is 3. The van der Waals surface area contributed by atoms with Gasteiger partial charge in [0, 0.05) is 30.4 Å². The molecule has 0 bridgehead atoms. The Morgan fingerprint density at radius 3 is 1.82 bits per heavy atom. The van der Waals surface area contributed by atoms with E-state index in [1.54, 1.807) is 19.2 Å². The Balaban J connectivity index is 2.46. The van der Waals surface area contributed by atoms with E-state index in [1.165, 1.54) is 0 Å². The molecule has 0 fully saturated rings. The highest BCUT2D eigenvalue weighted by Gasteiger charge is 2.27. The zero-order valence-corrected chi connectivity index (χ0v) is 19.6. The zero-order chi connectivity index (χ0) is 24.3. The minimum Gasteiger partial charge on any atom is -0.388 e. The van der Waals surface area contributed by atoms with Crippen LogP contribution in [0.3, 0.4) is 0 Å². The van der Waals surface area contributed by atoms with E-state index in [4.69, 9.17) is 24.4 Å². The predicted molar refractivity (Wildman–Crippen MR) is 135 cm³/mol. The smallest absolute Gasteiger partial charge is 0.388 e. The lowest BCUT2D eigenvalue weighted by molar-refractivity contribution is -0.122. The first-order valence-corrected chi connectivity index (χ1v) is 10.7. The summed E-state index contributed by atoms with van der Waals surface area (Å²) in [5.41, 5.74) is 8.25. The van der Waals surface area contributed by atoms with E-state index in [0.717, 1.165) is 5.69 Å². The quantitative estimate of drug-likeness (QED) is 0.218. The van der Waals surface area contributed by atoms with Crippen molar-refractivity contribution < 1.29 is 13.2 Å². The number of hydrogen-bond acceptors (Lipinski definition) is 5. The van der Waals surface area contributed by atoms with Crippen molar-refractivity contribution in [1.82, 2.24) is 21.5 Å². The maximum absolute atomic E-state index is 12.5. The molecule has 0 radical (unpaired) electrons. The van der Waals surface area contributed by atoms with Crippen LogP contribution in [-0.2, 0) is 0 Å². The van der Waals surface area contributed by atoms with Crippen molar-refractivity contribution >= 4 is 51.8 Å². The Bertz CT molecular complexity index is 991. The van der Waals surface area contributed by atoms with Crippen molar-refractivity contribution in [2.75, 3.05) is 25.5 Å². The molecule has 2 aromatic rings. The lowest BCUT2D eigenvalue weighted by Gasteiger charge is -2.14. The van der Waals surface area contributed by atoms with E-state index in [1.807, 2.05) is 49.4 Å². The van der Waals surface area contributed by atoms with Gasteiger partial charge in [-0.3, -0.25) is 10.9 Å². The minimum absolute atomic E-state index is 0.276. The van der Waals surface area contributed by atoms with Crippen LogP contribution in [0.5, 0.6) is 0 Å². The summed E-state index contributed by atoms with van der Waals surface area (Å²) in [5.74, 6) is 0. The molecule has 2 rings (SSSR count). The molecule has 0 unspecified atom stereocenters. The van der Waals surface area contributed by atoms with E-state index in [0.29, 0.717) is 34.2 Å². The van der Waals surface area contributed by atoms with Gasteiger partial charge >= 0.3 is 6.18 Å². The topological polar surface area (TPSA) is 84.9 Å². The van der Waals surface area contributed by atoms with E-state index in [2.05, 4.69) is 37.0 Å². The summed E-state index contributed by atoms with van der Waals surface area (Å²) >= 11 is 10.2. The van der Waals surface area contributed by atoms with E-state index in [9.17, 15) is 13.2 Å². The van der Waals surface area contributed by atoms with Crippen LogP contribution in [0.2, 0.25) is 0 Å². The molecule has 7 nitrogen and oxygen atoms in total. The third kappa shape index (κ3) is 9.02. The van der Waals surface area contributed by atoms with Gasteiger partial charge in [-0.2, -0.15) is 23.4 Å². The first-order valence-electron chi connectivity index (χ1n) is 9.87. The number of nitrogens with zero attached hydrogens (tertiary/aromatic N) is 2. The monoisotopic (exact) mass is 495 g/mol. The normalized spacial score (nSPS) is 12.0. The van der Waals surface area contributed by atoms with Gasteiger partial charge in [-0.25, -0.2) is 0 Å². The summed E-state index contributed by atoms with van der Waals surface area (Å²) < 4.78 is 37.5. The fraction of sp³-hybridized carbons (Fsp3) is 0.238. The number of rotatable bonds is 8. The summed E-state index contributed by atoms with van der Waals surface area (Å²) in [6.45, 7) is 1.22. The third-order valence-electron chi connectivity index (χ3n) is 4.04. The van der Waals surface area contributed by atoms with Gasteiger partial charge in [0.15, 0.2) is 10.2 Å². The van der Waals surface area contributed by atoms with E-state index >= 15 is 0 Å². The van der Waals surface area contributed by atoms with Crippen molar-refractivity contribution in [3.63, 3.8) is 0 Å². The molecule has 0 saturated heterocycles. The van der Waals surface area contributed by atoms with Crippen LogP contribution in [0.4, 0.5) is 18.9 Å². The molecule has 0 spiro atoms. The van der Waals surface area contributed by atoms with Crippen molar-refractivity contribution in [2.24, 2.45) is 10.2 Å². The fourth-order valence-electron chi connectivity index (χ4n) is 2.53. The highest BCUT2D eigenvalue weighted by molar-refractivity contribution is 7.80. The Labute approximate surface area is 200 Å². The third-order valence-corrected chi connectivity index (χ3v) is 4.52. The van der Waals surface area contributed by atoms with Gasteiger partial charge < -0.3 is 16.0 Å². The molecule has 33 heavy (non-hydrogen) atoms. The average Bonchev–Trinajstić information content (AvgIpc) is 2.80. The summed E-state index contributed by atoms with van der Waals surface area (Å²) in [6, 6.07) is 16.4. The Hall–Kier alpha value is -3.25. The Morgan fingerprint density at radius 2 is 1.33 bits per heavy atom. The van der Waals surface area contributed by atoms with Crippen LogP contribution < -0.4 is 26.8 Å². The number of hydrazone groups is 2. The molecular formula is C21H24F3N7S2. The first-order chi connectivity index (χ1) is 15.7. The highest BCUT2D eigenvalue weighted by Crippen LogP contribution is 2.14. The number of hydrogen-bond donors (Lipinski definition) is 5. The van der Waals surface area contributed by atoms with E-state index < -0.39 is 12.7 Å². The molecule has 0 saturated carbocycles. The molecule has 2 aromatic carbocycles. The van der Waals surface area contributed by atoms with Gasteiger partial charge in [0.2, 0.25) is 0 Å². The second-order valence-corrected chi connectivity index (χ2v) is 7.31. The van der Waals surface area contributed by atoms with Gasteiger partial charge in [0.25, 0.3) is 0 Å². The van der Waals surface area contributed by atoms with Crippen LogP contribution >= 0.6 is 24.4 Å². The number of nitrogens with one attached hydrogen (secondary N) is 5. The maximum atomic E-state index is 12.5. The van der Waals surface area contributed by atoms with Crippen LogP contribution in [0.1, 0.15) is 18.1 Å². The number of alkyl halides is 3. The SMILES string of the molecule is CCNC(=S)NN=C(C(=NNC(=S)NCC(F)(F)F)c1ccccc1)c1ccc(NC)cc1.